The Labute approximate surface area is 147 Å². The number of fused-ring (bicyclic) bond motifs is 1. The van der Waals surface area contributed by atoms with E-state index in [1.165, 1.54) is 0 Å². The molecule has 3 aliphatic rings. The zero-order valence-electron chi connectivity index (χ0n) is 15.2. The van der Waals surface area contributed by atoms with Crippen LogP contribution in [0.2, 0.25) is 0 Å². The molecule has 0 radical (unpaired) electrons. The fraction of sp³-hybridized carbons (Fsp3) is 0.474. The number of amides is 1. The van der Waals surface area contributed by atoms with E-state index >= 15 is 0 Å². The van der Waals surface area contributed by atoms with Crippen LogP contribution in [0.4, 0.5) is 4.79 Å². The van der Waals surface area contributed by atoms with Crippen molar-refractivity contribution in [3.05, 3.63) is 35.2 Å². The Morgan fingerprint density at radius 1 is 1.24 bits per heavy atom. The first kappa shape index (κ1) is 17.3. The number of carbonyl (C=O) groups excluding carboxylic acids is 1. The maximum absolute atomic E-state index is 12.1. The van der Waals surface area contributed by atoms with Crippen LogP contribution in [0.5, 0.6) is 5.95 Å². The molecule has 0 bridgehead atoms. The number of rotatable bonds is 0. The van der Waals surface area contributed by atoms with E-state index in [-0.39, 0.29) is 12.0 Å². The first-order valence-electron chi connectivity index (χ1n) is 8.52. The zero-order chi connectivity index (χ0) is 18.2. The Morgan fingerprint density at radius 2 is 1.92 bits per heavy atom. The fourth-order valence-corrected chi connectivity index (χ4v) is 3.00. The van der Waals surface area contributed by atoms with E-state index in [4.69, 9.17) is 9.15 Å². The van der Waals surface area contributed by atoms with Crippen molar-refractivity contribution >= 4 is 6.09 Å². The average Bonchev–Trinajstić information content (AvgIpc) is 2.52. The molecule has 1 N–H and O–H groups in total. The molecule has 0 aromatic carbocycles. The van der Waals surface area contributed by atoms with Crippen LogP contribution in [0.1, 0.15) is 26.3 Å². The topological polar surface area (TPSA) is 65.9 Å². The number of hydrogen-bond donors (Lipinski definition) is 1. The van der Waals surface area contributed by atoms with Gasteiger partial charge in [0.05, 0.1) is 19.2 Å². The Kier molecular flexibility index (Phi) is 4.45. The molecule has 0 saturated carbocycles. The zero-order valence-corrected chi connectivity index (χ0v) is 15.2. The van der Waals surface area contributed by atoms with Gasteiger partial charge in [0.2, 0.25) is 5.36 Å². The summed E-state index contributed by atoms with van der Waals surface area (Å²) in [4.78, 5) is 13.9. The van der Waals surface area contributed by atoms with E-state index in [1.54, 1.807) is 11.0 Å². The number of benzene rings is 1. The molecule has 3 rings (SSSR count). The largest absolute Gasteiger partial charge is 0.481 e. The van der Waals surface area contributed by atoms with Gasteiger partial charge in [-0.2, -0.15) is 0 Å². The van der Waals surface area contributed by atoms with Gasteiger partial charge in [-0.05, 0) is 39.3 Å². The van der Waals surface area contributed by atoms with Gasteiger partial charge in [0.15, 0.2) is 13.1 Å². The molecule has 0 spiro atoms. The number of hydrogen-bond acceptors (Lipinski definition) is 4. The van der Waals surface area contributed by atoms with Crippen molar-refractivity contribution in [2.75, 3.05) is 26.2 Å². The summed E-state index contributed by atoms with van der Waals surface area (Å²) in [6.45, 7) is 10.2. The molecule has 1 amide bonds. The quantitative estimate of drug-likeness (QED) is 0.745. The first-order chi connectivity index (χ1) is 11.7. The van der Waals surface area contributed by atoms with Crippen LogP contribution < -0.4 is 9.93 Å². The van der Waals surface area contributed by atoms with E-state index in [0.29, 0.717) is 18.8 Å². The predicted octanol–water partition coefficient (Wildman–Crippen LogP) is 2.42. The minimum absolute atomic E-state index is 0.0862. The van der Waals surface area contributed by atoms with Crippen molar-refractivity contribution in [2.45, 2.75) is 33.3 Å². The summed E-state index contributed by atoms with van der Waals surface area (Å²) in [5.41, 5.74) is 1.47. The highest BCUT2D eigenvalue weighted by Crippen LogP contribution is 2.28. The minimum Gasteiger partial charge on any atom is -0.481 e. The van der Waals surface area contributed by atoms with Crippen LogP contribution in [0.3, 0.4) is 0 Å². The van der Waals surface area contributed by atoms with Gasteiger partial charge in [0.25, 0.3) is 5.95 Å². The van der Waals surface area contributed by atoms with Crippen molar-refractivity contribution < 1.29 is 19.1 Å². The van der Waals surface area contributed by atoms with Crippen LogP contribution in [-0.2, 0) is 4.74 Å². The monoisotopic (exact) mass is 345 g/mol. The van der Waals surface area contributed by atoms with Gasteiger partial charge < -0.3 is 14.3 Å². The van der Waals surface area contributed by atoms with Crippen molar-refractivity contribution in [3.63, 3.8) is 0 Å². The van der Waals surface area contributed by atoms with Crippen molar-refractivity contribution in [1.29, 1.82) is 0 Å². The van der Waals surface area contributed by atoms with Gasteiger partial charge in [-0.3, -0.25) is 4.90 Å². The molecule has 1 saturated heterocycles. The Bertz CT molecular complexity index is 822. The Morgan fingerprint density at radius 3 is 2.56 bits per heavy atom. The summed E-state index contributed by atoms with van der Waals surface area (Å²) in [6, 6.07) is 7.60. The maximum atomic E-state index is 12.1. The van der Waals surface area contributed by atoms with E-state index in [1.807, 2.05) is 45.9 Å². The van der Waals surface area contributed by atoms with Gasteiger partial charge in [-0.25, -0.2) is 9.37 Å². The third kappa shape index (κ3) is 3.95. The average molecular weight is 345 g/mol. The lowest BCUT2D eigenvalue weighted by molar-refractivity contribution is 0.0218. The smallest absolute Gasteiger partial charge is 0.410 e. The number of ether oxygens (including phenoxy) is 1. The van der Waals surface area contributed by atoms with E-state index in [9.17, 15) is 9.90 Å². The van der Waals surface area contributed by atoms with E-state index < -0.39 is 5.60 Å². The van der Waals surface area contributed by atoms with Crippen LogP contribution in [0.15, 0.2) is 28.7 Å². The molecule has 2 aliphatic heterocycles. The normalized spacial score (nSPS) is 15.5. The molecule has 1 aliphatic carbocycles. The highest BCUT2D eigenvalue weighted by Gasteiger charge is 2.27. The van der Waals surface area contributed by atoms with Crippen LogP contribution >= 0.6 is 0 Å². The van der Waals surface area contributed by atoms with E-state index in [2.05, 4.69) is 4.58 Å². The second-order valence-corrected chi connectivity index (χ2v) is 7.40. The van der Waals surface area contributed by atoms with E-state index in [0.717, 1.165) is 29.6 Å². The summed E-state index contributed by atoms with van der Waals surface area (Å²) >= 11 is 0. The lowest BCUT2D eigenvalue weighted by atomic mass is 10.1. The van der Waals surface area contributed by atoms with Crippen LogP contribution in [0, 0.1) is 6.92 Å². The van der Waals surface area contributed by atoms with Gasteiger partial charge in [-0.1, -0.05) is 0 Å². The lowest BCUT2D eigenvalue weighted by Crippen LogP contribution is -2.51. The molecular weight excluding hydrogens is 320 g/mol. The first-order valence-corrected chi connectivity index (χ1v) is 8.52. The maximum Gasteiger partial charge on any atom is 0.410 e. The highest BCUT2D eigenvalue weighted by molar-refractivity contribution is 5.68. The number of nitrogens with zero attached hydrogens (tertiary/aromatic N) is 2. The molecule has 134 valence electrons. The number of carbonyl (C=O) groups is 1. The van der Waals surface area contributed by atoms with Crippen molar-refractivity contribution in [1.82, 2.24) is 9.48 Å². The van der Waals surface area contributed by atoms with Gasteiger partial charge in [0.1, 0.15) is 11.4 Å². The molecule has 6 nitrogen and oxygen atoms in total. The molecule has 0 atom stereocenters. The number of piperazine rings is 1. The molecular formula is C19H25N2O4+. The molecule has 25 heavy (non-hydrogen) atoms. The predicted molar refractivity (Wildman–Crippen MR) is 94.5 cm³/mol. The molecule has 6 heteroatoms. The minimum atomic E-state index is -0.478. The number of aromatic hydroxyl groups is 1. The highest BCUT2D eigenvalue weighted by atomic mass is 16.6. The summed E-state index contributed by atoms with van der Waals surface area (Å²) < 4.78 is 13.1. The molecule has 2 heterocycles. The summed E-state index contributed by atoms with van der Waals surface area (Å²) in [5, 5.41) is 10.7. The summed E-state index contributed by atoms with van der Waals surface area (Å²) in [6.07, 6.45) is -0.263. The van der Waals surface area contributed by atoms with Gasteiger partial charge in [0, 0.05) is 17.7 Å². The van der Waals surface area contributed by atoms with Gasteiger partial charge >= 0.3 is 6.09 Å². The second kappa shape index (κ2) is 6.43. The van der Waals surface area contributed by atoms with Crippen molar-refractivity contribution in [3.8, 4) is 17.3 Å². The number of aryl methyl sites for hydroxylation is 1. The fourth-order valence-electron chi connectivity index (χ4n) is 3.00. The van der Waals surface area contributed by atoms with Crippen molar-refractivity contribution in [2.24, 2.45) is 0 Å². The third-order valence-corrected chi connectivity index (χ3v) is 4.24. The summed E-state index contributed by atoms with van der Waals surface area (Å²) in [5.74, 6) is 0.571. The van der Waals surface area contributed by atoms with Gasteiger partial charge in [-0.15, -0.1) is 0 Å². The Balaban J connectivity index is 1.81. The molecule has 0 aromatic heterocycles. The molecule has 1 fully saturated rings. The van der Waals surface area contributed by atoms with Crippen LogP contribution in [-0.4, -0.2) is 47.9 Å². The lowest BCUT2D eigenvalue weighted by Gasteiger charge is -2.28. The second-order valence-electron chi connectivity index (χ2n) is 7.40. The Hall–Kier alpha value is -2.50. The summed E-state index contributed by atoms with van der Waals surface area (Å²) in [7, 11) is 0. The standard InChI is InChI=1S/C19H24N2O4/c1-13-11-17(22)24-16-12-14(5-6-15(13)16)20-7-9-21(10-8-20)18(23)25-19(2,3)4/h5-6,11-12H,7-10H2,1-4H3/p+1. The third-order valence-electron chi connectivity index (χ3n) is 4.24. The molecule has 0 unspecified atom stereocenters. The molecule has 0 aromatic rings. The van der Waals surface area contributed by atoms with Crippen LogP contribution in [0.25, 0.3) is 11.3 Å². The SMILES string of the molecule is Cc1cc(O)oc2cc(=[N+]3CCN(C(=O)OC(C)(C)C)CC3)ccc1-2.